The van der Waals surface area contributed by atoms with Gasteiger partial charge in [0.15, 0.2) is 0 Å². The Morgan fingerprint density at radius 1 is 0.640 bits per heavy atom. The van der Waals surface area contributed by atoms with E-state index >= 15 is 0 Å². The highest BCUT2D eigenvalue weighted by molar-refractivity contribution is 5.78. The van der Waals surface area contributed by atoms with Gasteiger partial charge in [-0.2, -0.15) is 0 Å². The maximum absolute atomic E-state index is 12.7. The van der Waals surface area contributed by atoms with Crippen molar-refractivity contribution in [3.8, 4) is 0 Å². The van der Waals surface area contributed by atoms with E-state index in [1.165, 1.54) is 83.7 Å². The van der Waals surface area contributed by atoms with Gasteiger partial charge >= 0.3 is 0 Å². The second-order valence-corrected chi connectivity index (χ2v) is 8.58. The molecule has 4 nitrogen and oxygen atoms in total. The molecule has 2 saturated heterocycles. The summed E-state index contributed by atoms with van der Waals surface area (Å²) in [6.07, 6.45) is 14.8. The Hall–Kier alpha value is -0.610. The van der Waals surface area contributed by atoms with Gasteiger partial charge in [0.05, 0.1) is 6.54 Å². The molecule has 1 aliphatic carbocycles. The molecule has 2 heterocycles. The molecule has 1 saturated carbocycles. The van der Waals surface area contributed by atoms with Crippen LogP contribution >= 0.6 is 0 Å². The van der Waals surface area contributed by atoms with Crippen molar-refractivity contribution < 1.29 is 4.79 Å². The molecule has 144 valence electrons. The van der Waals surface area contributed by atoms with Gasteiger partial charge in [-0.05, 0) is 51.1 Å². The average Bonchev–Trinajstić information content (AvgIpc) is 2.81. The van der Waals surface area contributed by atoms with E-state index in [1.807, 2.05) is 0 Å². The summed E-state index contributed by atoms with van der Waals surface area (Å²) in [7, 11) is 0. The Labute approximate surface area is 154 Å². The molecule has 0 N–H and O–H groups in total. The highest BCUT2D eigenvalue weighted by Crippen LogP contribution is 2.24. The molecule has 0 spiro atoms. The summed E-state index contributed by atoms with van der Waals surface area (Å²) in [4.78, 5) is 20.0. The standard InChI is InChI=1S/C21H39N3O/c25-21(24-14-7-2-1-3-8-15-24)19-23-13-9-12-22(16-17-23)18-20-10-5-4-6-11-20/h20H,1-19H2. The first-order valence-electron chi connectivity index (χ1n) is 11.0. The van der Waals surface area contributed by atoms with Crippen molar-refractivity contribution in [1.29, 1.82) is 0 Å². The first-order chi connectivity index (χ1) is 12.3. The van der Waals surface area contributed by atoms with E-state index in [2.05, 4.69) is 14.7 Å². The smallest absolute Gasteiger partial charge is 0.236 e. The van der Waals surface area contributed by atoms with E-state index < -0.39 is 0 Å². The largest absolute Gasteiger partial charge is 0.342 e. The van der Waals surface area contributed by atoms with E-state index in [4.69, 9.17) is 0 Å². The summed E-state index contributed by atoms with van der Waals surface area (Å²) in [6, 6.07) is 0. The molecular weight excluding hydrogens is 310 g/mol. The highest BCUT2D eigenvalue weighted by Gasteiger charge is 2.22. The molecule has 0 unspecified atom stereocenters. The summed E-state index contributed by atoms with van der Waals surface area (Å²) >= 11 is 0. The lowest BCUT2D eigenvalue weighted by molar-refractivity contribution is -0.132. The van der Waals surface area contributed by atoms with Gasteiger partial charge in [-0.1, -0.05) is 38.5 Å². The molecule has 3 aliphatic rings. The van der Waals surface area contributed by atoms with Crippen LogP contribution in [0.2, 0.25) is 0 Å². The number of likely N-dealkylation sites (tertiary alicyclic amines) is 1. The van der Waals surface area contributed by atoms with Crippen molar-refractivity contribution in [3.63, 3.8) is 0 Å². The predicted molar refractivity (Wildman–Crippen MR) is 104 cm³/mol. The molecule has 0 aromatic carbocycles. The molecule has 0 bridgehead atoms. The van der Waals surface area contributed by atoms with Crippen LogP contribution in [0.3, 0.4) is 0 Å². The summed E-state index contributed by atoms with van der Waals surface area (Å²) in [6.45, 7) is 8.48. The zero-order valence-electron chi connectivity index (χ0n) is 16.3. The first kappa shape index (κ1) is 19.2. The second-order valence-electron chi connectivity index (χ2n) is 8.58. The fourth-order valence-electron chi connectivity index (χ4n) is 4.89. The number of hydrogen-bond donors (Lipinski definition) is 0. The van der Waals surface area contributed by atoms with Crippen molar-refractivity contribution in [1.82, 2.24) is 14.7 Å². The number of carbonyl (C=O) groups excluding carboxylic acids is 1. The van der Waals surface area contributed by atoms with Crippen LogP contribution < -0.4 is 0 Å². The Kier molecular flexibility index (Phi) is 8.06. The van der Waals surface area contributed by atoms with Gasteiger partial charge in [0, 0.05) is 32.7 Å². The Bertz CT molecular complexity index is 387. The summed E-state index contributed by atoms with van der Waals surface area (Å²) in [5, 5.41) is 0. The second kappa shape index (κ2) is 10.5. The molecule has 0 aromatic rings. The van der Waals surface area contributed by atoms with E-state index in [1.54, 1.807) is 0 Å². The number of carbonyl (C=O) groups is 1. The Morgan fingerprint density at radius 2 is 1.24 bits per heavy atom. The molecule has 3 rings (SSSR count). The summed E-state index contributed by atoms with van der Waals surface area (Å²) in [5.74, 6) is 1.31. The minimum Gasteiger partial charge on any atom is -0.342 e. The van der Waals surface area contributed by atoms with Crippen LogP contribution in [-0.2, 0) is 4.79 Å². The van der Waals surface area contributed by atoms with Crippen LogP contribution in [0, 0.1) is 5.92 Å². The molecule has 0 aromatic heterocycles. The van der Waals surface area contributed by atoms with Gasteiger partial charge in [-0.25, -0.2) is 0 Å². The molecule has 4 heteroatoms. The summed E-state index contributed by atoms with van der Waals surface area (Å²) < 4.78 is 0. The van der Waals surface area contributed by atoms with E-state index in [9.17, 15) is 4.79 Å². The topological polar surface area (TPSA) is 26.8 Å². The number of nitrogens with zero attached hydrogens (tertiary/aromatic N) is 3. The monoisotopic (exact) mass is 349 g/mol. The van der Waals surface area contributed by atoms with Crippen molar-refractivity contribution in [2.45, 2.75) is 70.6 Å². The fraction of sp³-hybridized carbons (Fsp3) is 0.952. The van der Waals surface area contributed by atoms with Crippen molar-refractivity contribution in [2.75, 3.05) is 52.4 Å². The predicted octanol–water partition coefficient (Wildman–Crippen LogP) is 3.37. The quantitative estimate of drug-likeness (QED) is 0.778. The SMILES string of the molecule is O=C(CN1CCCN(CC2CCCCC2)CC1)N1CCCCCCC1. The number of rotatable bonds is 4. The molecule has 2 aliphatic heterocycles. The maximum Gasteiger partial charge on any atom is 0.236 e. The van der Waals surface area contributed by atoms with Crippen LogP contribution in [0.1, 0.15) is 70.6 Å². The van der Waals surface area contributed by atoms with Gasteiger partial charge < -0.3 is 9.80 Å². The Balaban J connectivity index is 1.40. The molecule has 0 atom stereocenters. The van der Waals surface area contributed by atoms with Crippen LogP contribution in [0.4, 0.5) is 0 Å². The fourth-order valence-corrected chi connectivity index (χ4v) is 4.89. The highest BCUT2D eigenvalue weighted by atomic mass is 16.2. The van der Waals surface area contributed by atoms with Gasteiger partial charge in [0.1, 0.15) is 0 Å². The van der Waals surface area contributed by atoms with Gasteiger partial charge in [-0.3, -0.25) is 9.69 Å². The third-order valence-corrected chi connectivity index (χ3v) is 6.49. The lowest BCUT2D eigenvalue weighted by Crippen LogP contribution is -2.43. The number of hydrogen-bond acceptors (Lipinski definition) is 3. The van der Waals surface area contributed by atoms with E-state index in [0.717, 1.165) is 38.6 Å². The molecule has 1 amide bonds. The third-order valence-electron chi connectivity index (χ3n) is 6.49. The van der Waals surface area contributed by atoms with Gasteiger partial charge in [0.2, 0.25) is 5.91 Å². The molecule has 25 heavy (non-hydrogen) atoms. The van der Waals surface area contributed by atoms with E-state index in [0.29, 0.717) is 12.5 Å². The van der Waals surface area contributed by atoms with Gasteiger partial charge in [-0.15, -0.1) is 0 Å². The summed E-state index contributed by atoms with van der Waals surface area (Å²) in [5.41, 5.74) is 0. The molecular formula is C21H39N3O. The van der Waals surface area contributed by atoms with Crippen LogP contribution in [-0.4, -0.2) is 73.0 Å². The van der Waals surface area contributed by atoms with Crippen LogP contribution in [0.25, 0.3) is 0 Å². The van der Waals surface area contributed by atoms with Crippen LogP contribution in [0.15, 0.2) is 0 Å². The maximum atomic E-state index is 12.7. The normalized spacial score (nSPS) is 26.0. The first-order valence-corrected chi connectivity index (χ1v) is 11.0. The minimum atomic E-state index is 0.377. The zero-order valence-corrected chi connectivity index (χ0v) is 16.3. The van der Waals surface area contributed by atoms with Crippen molar-refractivity contribution in [2.24, 2.45) is 5.92 Å². The van der Waals surface area contributed by atoms with E-state index in [-0.39, 0.29) is 0 Å². The third kappa shape index (κ3) is 6.56. The number of amides is 1. The average molecular weight is 350 g/mol. The lowest BCUT2D eigenvalue weighted by atomic mass is 9.89. The van der Waals surface area contributed by atoms with Crippen molar-refractivity contribution in [3.05, 3.63) is 0 Å². The van der Waals surface area contributed by atoms with Gasteiger partial charge in [0.25, 0.3) is 0 Å². The zero-order chi connectivity index (χ0) is 17.3. The van der Waals surface area contributed by atoms with Crippen molar-refractivity contribution >= 4 is 5.91 Å². The molecule has 3 fully saturated rings. The van der Waals surface area contributed by atoms with Crippen LogP contribution in [0.5, 0.6) is 0 Å². The Morgan fingerprint density at radius 3 is 2.00 bits per heavy atom. The minimum absolute atomic E-state index is 0.377. The lowest BCUT2D eigenvalue weighted by Gasteiger charge is -2.29. The molecule has 0 radical (unpaired) electrons.